The Bertz CT molecular complexity index is 1190. The predicted octanol–water partition coefficient (Wildman–Crippen LogP) is 2.03. The van der Waals surface area contributed by atoms with Crippen molar-refractivity contribution in [3.05, 3.63) is 48.0 Å². The average molecular weight is 517 g/mol. The van der Waals surface area contributed by atoms with E-state index < -0.39 is 10.0 Å². The Balaban J connectivity index is 1.47. The van der Waals surface area contributed by atoms with E-state index in [1.54, 1.807) is 36.9 Å². The highest BCUT2D eigenvalue weighted by atomic mass is 32.2. The lowest BCUT2D eigenvalue weighted by Gasteiger charge is -2.33. The molecule has 36 heavy (non-hydrogen) atoms. The number of carbonyl (C=O) groups is 2. The summed E-state index contributed by atoms with van der Waals surface area (Å²) < 4.78 is 37.7. The van der Waals surface area contributed by atoms with E-state index in [1.165, 1.54) is 28.6 Å². The van der Waals surface area contributed by atoms with Crippen LogP contribution in [0.3, 0.4) is 0 Å². The van der Waals surface area contributed by atoms with Gasteiger partial charge < -0.3 is 19.7 Å². The van der Waals surface area contributed by atoms with Crippen molar-refractivity contribution in [2.24, 2.45) is 0 Å². The van der Waals surface area contributed by atoms with Gasteiger partial charge in [-0.2, -0.15) is 4.31 Å². The Morgan fingerprint density at radius 2 is 1.72 bits per heavy atom. The van der Waals surface area contributed by atoms with Crippen molar-refractivity contribution >= 4 is 33.2 Å². The van der Waals surface area contributed by atoms with Gasteiger partial charge in [-0.1, -0.05) is 13.8 Å². The lowest BCUT2D eigenvalue weighted by molar-refractivity contribution is -0.121. The number of amides is 2. The molecular weight excluding hydrogens is 484 g/mol. The fourth-order valence-electron chi connectivity index (χ4n) is 4.29. The van der Waals surface area contributed by atoms with Gasteiger partial charge in [0.25, 0.3) is 11.8 Å². The Hall–Kier alpha value is -2.99. The van der Waals surface area contributed by atoms with Crippen LogP contribution in [0.2, 0.25) is 0 Å². The number of carbonyl (C=O) groups excluding carboxylic acids is 2. The van der Waals surface area contributed by atoms with Crippen molar-refractivity contribution < 1.29 is 27.5 Å². The first kappa shape index (κ1) is 26.1. The monoisotopic (exact) mass is 516 g/mol. The summed E-state index contributed by atoms with van der Waals surface area (Å²) in [5, 5.41) is 2.83. The fraction of sp³-hybridized carbons (Fsp3) is 0.440. The van der Waals surface area contributed by atoms with Gasteiger partial charge in [0, 0.05) is 50.5 Å². The van der Waals surface area contributed by atoms with Crippen LogP contribution in [-0.4, -0.2) is 88.5 Å². The Morgan fingerprint density at radius 3 is 2.39 bits per heavy atom. The molecular formula is C25H32N4O6S. The van der Waals surface area contributed by atoms with Gasteiger partial charge in [0.15, 0.2) is 6.61 Å². The van der Waals surface area contributed by atoms with Gasteiger partial charge >= 0.3 is 0 Å². The zero-order chi connectivity index (χ0) is 25.7. The van der Waals surface area contributed by atoms with Gasteiger partial charge in [-0.15, -0.1) is 0 Å². The van der Waals surface area contributed by atoms with E-state index in [2.05, 4.69) is 10.2 Å². The Labute approximate surface area is 211 Å². The third-order valence-corrected chi connectivity index (χ3v) is 8.43. The molecule has 1 saturated heterocycles. The maximum Gasteiger partial charge on any atom is 0.265 e. The summed E-state index contributed by atoms with van der Waals surface area (Å²) in [5.41, 5.74) is 1.44. The molecule has 1 fully saturated rings. The van der Waals surface area contributed by atoms with Gasteiger partial charge in [-0.05, 0) is 42.5 Å². The van der Waals surface area contributed by atoms with Crippen molar-refractivity contribution in [2.45, 2.75) is 18.7 Å². The number of nitrogens with zero attached hydrogens (tertiary/aromatic N) is 3. The molecule has 4 rings (SSSR count). The molecule has 0 unspecified atom stereocenters. The fourth-order valence-corrected chi connectivity index (χ4v) is 5.74. The zero-order valence-electron chi connectivity index (χ0n) is 20.6. The van der Waals surface area contributed by atoms with E-state index in [-0.39, 0.29) is 23.3 Å². The molecule has 194 valence electrons. The van der Waals surface area contributed by atoms with Crippen LogP contribution in [-0.2, 0) is 19.6 Å². The normalized spacial score (nSPS) is 16.5. The molecule has 0 radical (unpaired) electrons. The summed E-state index contributed by atoms with van der Waals surface area (Å²) in [7, 11) is -3.60. The van der Waals surface area contributed by atoms with Crippen LogP contribution in [0, 0.1) is 0 Å². The van der Waals surface area contributed by atoms with Crippen LogP contribution >= 0.6 is 0 Å². The molecule has 0 saturated carbocycles. The van der Waals surface area contributed by atoms with Crippen LogP contribution in [0.4, 0.5) is 11.4 Å². The lowest BCUT2D eigenvalue weighted by Crippen LogP contribution is -2.45. The van der Waals surface area contributed by atoms with E-state index in [9.17, 15) is 18.0 Å². The van der Waals surface area contributed by atoms with Crippen LogP contribution in [0.25, 0.3) is 0 Å². The molecule has 11 heteroatoms. The number of hydrogen-bond donors (Lipinski definition) is 1. The summed E-state index contributed by atoms with van der Waals surface area (Å²) in [6.45, 7) is 8.54. The number of hydrogen-bond acceptors (Lipinski definition) is 7. The molecule has 0 atom stereocenters. The highest BCUT2D eigenvalue weighted by Crippen LogP contribution is 2.34. The summed E-state index contributed by atoms with van der Waals surface area (Å²) in [6, 6.07) is 11.0. The van der Waals surface area contributed by atoms with Crippen molar-refractivity contribution in [3.8, 4) is 5.75 Å². The molecule has 2 aliphatic heterocycles. The van der Waals surface area contributed by atoms with Gasteiger partial charge in [0.1, 0.15) is 5.75 Å². The smallest absolute Gasteiger partial charge is 0.265 e. The number of ether oxygens (including phenoxy) is 2. The second kappa shape index (κ2) is 11.4. The molecule has 2 aromatic rings. The third kappa shape index (κ3) is 5.70. The topological polar surface area (TPSA) is 108 Å². The average Bonchev–Trinajstić information content (AvgIpc) is 2.89. The molecule has 2 aromatic carbocycles. The summed E-state index contributed by atoms with van der Waals surface area (Å²) in [4.78, 5) is 29.6. The maximum atomic E-state index is 12.9. The minimum atomic E-state index is -3.60. The summed E-state index contributed by atoms with van der Waals surface area (Å²) in [5.74, 6) is 0.0643. The van der Waals surface area contributed by atoms with E-state index in [1.807, 2.05) is 0 Å². The molecule has 10 nitrogen and oxygen atoms in total. The third-order valence-electron chi connectivity index (χ3n) is 6.36. The van der Waals surface area contributed by atoms with Gasteiger partial charge in [0.2, 0.25) is 10.0 Å². The number of anilines is 2. The molecule has 1 N–H and O–H groups in total. The van der Waals surface area contributed by atoms with Crippen LogP contribution in [0.1, 0.15) is 24.2 Å². The van der Waals surface area contributed by atoms with E-state index in [0.29, 0.717) is 62.1 Å². The number of fused-ring (bicyclic) bond motifs is 1. The largest absolute Gasteiger partial charge is 0.482 e. The standard InChI is InChI=1S/C25H32N4O6S/c1-3-28(4-2)36(32,33)21-8-5-19(6-9-21)25(31)26-20-7-10-23-22(17-20)29(24(30)18-35-23)12-11-27-13-15-34-16-14-27/h5-10,17H,3-4,11-16,18H2,1-2H3,(H,26,31). The highest BCUT2D eigenvalue weighted by molar-refractivity contribution is 7.89. The van der Waals surface area contributed by atoms with Crippen LogP contribution < -0.4 is 15.0 Å². The maximum absolute atomic E-state index is 12.9. The zero-order valence-corrected chi connectivity index (χ0v) is 21.4. The Morgan fingerprint density at radius 1 is 1.03 bits per heavy atom. The van der Waals surface area contributed by atoms with Gasteiger partial charge in [-0.3, -0.25) is 14.5 Å². The van der Waals surface area contributed by atoms with Gasteiger partial charge in [0.05, 0.1) is 23.8 Å². The van der Waals surface area contributed by atoms with E-state index >= 15 is 0 Å². The number of nitrogens with one attached hydrogen (secondary N) is 1. The van der Waals surface area contributed by atoms with Crippen molar-refractivity contribution in [2.75, 3.05) is 69.3 Å². The van der Waals surface area contributed by atoms with Crippen molar-refractivity contribution in [3.63, 3.8) is 0 Å². The van der Waals surface area contributed by atoms with Crippen molar-refractivity contribution in [1.82, 2.24) is 9.21 Å². The lowest BCUT2D eigenvalue weighted by atomic mass is 10.1. The summed E-state index contributed by atoms with van der Waals surface area (Å²) >= 11 is 0. The molecule has 0 bridgehead atoms. The van der Waals surface area contributed by atoms with E-state index in [4.69, 9.17) is 9.47 Å². The second-order valence-electron chi connectivity index (χ2n) is 8.54. The second-order valence-corrected chi connectivity index (χ2v) is 10.5. The first-order chi connectivity index (χ1) is 17.3. The van der Waals surface area contributed by atoms with Crippen LogP contribution in [0.15, 0.2) is 47.4 Å². The number of benzene rings is 2. The Kier molecular flexibility index (Phi) is 8.24. The predicted molar refractivity (Wildman–Crippen MR) is 136 cm³/mol. The first-order valence-corrected chi connectivity index (χ1v) is 13.6. The molecule has 0 aromatic heterocycles. The highest BCUT2D eigenvalue weighted by Gasteiger charge is 2.27. The van der Waals surface area contributed by atoms with E-state index in [0.717, 1.165) is 13.1 Å². The first-order valence-electron chi connectivity index (χ1n) is 12.1. The number of rotatable bonds is 9. The minimum Gasteiger partial charge on any atom is -0.482 e. The number of morpholine rings is 1. The minimum absolute atomic E-state index is 0.0232. The van der Waals surface area contributed by atoms with Gasteiger partial charge in [-0.25, -0.2) is 8.42 Å². The molecule has 0 aliphatic carbocycles. The van der Waals surface area contributed by atoms with Crippen LogP contribution in [0.5, 0.6) is 5.75 Å². The number of sulfonamides is 1. The molecule has 2 amide bonds. The quantitative estimate of drug-likeness (QED) is 0.543. The molecule has 0 spiro atoms. The summed E-state index contributed by atoms with van der Waals surface area (Å²) in [6.07, 6.45) is 0. The van der Waals surface area contributed by atoms with Crippen molar-refractivity contribution in [1.29, 1.82) is 0 Å². The molecule has 2 aliphatic rings. The SMILES string of the molecule is CCN(CC)S(=O)(=O)c1ccc(C(=O)Nc2ccc3c(c2)N(CCN2CCOCC2)C(=O)CO3)cc1. The molecule has 2 heterocycles.